The Bertz CT molecular complexity index is 424. The lowest BCUT2D eigenvalue weighted by atomic mass is 10.2. The molecular weight excluding hydrogens is 233 g/mol. The van der Waals surface area contributed by atoms with Crippen LogP contribution in [-0.4, -0.2) is 37.1 Å². The summed E-state index contributed by atoms with van der Waals surface area (Å²) in [6.07, 6.45) is 1.99. The Morgan fingerprint density at radius 1 is 1.50 bits per heavy atom. The number of carbonyl (C=O) groups is 1. The number of amides is 2. The number of nitrogens with one attached hydrogen (secondary N) is 2. The Morgan fingerprint density at radius 3 is 3.00 bits per heavy atom. The van der Waals surface area contributed by atoms with E-state index in [1.165, 1.54) is 6.07 Å². The van der Waals surface area contributed by atoms with Crippen molar-refractivity contribution in [3.05, 3.63) is 30.1 Å². The number of halogens is 1. The molecule has 98 valence electrons. The van der Waals surface area contributed by atoms with Gasteiger partial charge in [-0.2, -0.15) is 0 Å². The predicted molar refractivity (Wildman–Crippen MR) is 69.1 cm³/mol. The van der Waals surface area contributed by atoms with Crippen LogP contribution in [0.4, 0.5) is 14.9 Å². The van der Waals surface area contributed by atoms with Gasteiger partial charge in [0.2, 0.25) is 0 Å². The number of likely N-dealkylation sites (N-methyl/N-ethyl adjacent to an activating group) is 1. The Balaban J connectivity index is 2.01. The number of likely N-dealkylation sites (tertiary alicyclic amines) is 1. The van der Waals surface area contributed by atoms with Crippen molar-refractivity contribution < 1.29 is 9.18 Å². The quantitative estimate of drug-likeness (QED) is 0.863. The summed E-state index contributed by atoms with van der Waals surface area (Å²) < 4.78 is 13.4. The van der Waals surface area contributed by atoms with E-state index in [0.29, 0.717) is 0 Å². The zero-order chi connectivity index (χ0) is 13.0. The van der Waals surface area contributed by atoms with E-state index in [-0.39, 0.29) is 17.8 Å². The van der Waals surface area contributed by atoms with Gasteiger partial charge >= 0.3 is 6.03 Å². The van der Waals surface area contributed by atoms with Crippen LogP contribution in [0.3, 0.4) is 0 Å². The van der Waals surface area contributed by atoms with Gasteiger partial charge in [0, 0.05) is 19.1 Å². The summed E-state index contributed by atoms with van der Waals surface area (Å²) >= 11 is 0. The summed E-state index contributed by atoms with van der Waals surface area (Å²) in [6, 6.07) is 6.18. The van der Waals surface area contributed by atoms with E-state index in [1.54, 1.807) is 23.1 Å². The first-order valence-electron chi connectivity index (χ1n) is 6.19. The number of hydrogen-bond donors (Lipinski definition) is 2. The number of nitrogens with zero attached hydrogens (tertiary/aromatic N) is 1. The van der Waals surface area contributed by atoms with Crippen LogP contribution in [0.15, 0.2) is 24.3 Å². The van der Waals surface area contributed by atoms with Crippen LogP contribution in [0.25, 0.3) is 0 Å². The zero-order valence-electron chi connectivity index (χ0n) is 10.4. The number of para-hydroxylation sites is 1. The Morgan fingerprint density at radius 2 is 2.28 bits per heavy atom. The maximum atomic E-state index is 13.4. The maximum Gasteiger partial charge on any atom is 0.322 e. The zero-order valence-corrected chi connectivity index (χ0v) is 10.4. The molecule has 1 heterocycles. The van der Waals surface area contributed by atoms with Gasteiger partial charge in [0.25, 0.3) is 0 Å². The first-order chi connectivity index (χ1) is 8.72. The molecule has 0 saturated carbocycles. The summed E-state index contributed by atoms with van der Waals surface area (Å²) in [5, 5.41) is 5.70. The standard InChI is InChI=1S/C13H18FN3O/c1-15-9-10-5-4-8-17(10)13(18)16-12-7-3-2-6-11(12)14/h2-3,6-7,10,15H,4-5,8-9H2,1H3,(H,16,18). The number of anilines is 1. The lowest BCUT2D eigenvalue weighted by molar-refractivity contribution is 0.206. The SMILES string of the molecule is CNCC1CCCN1C(=O)Nc1ccccc1F. The van der Waals surface area contributed by atoms with Gasteiger partial charge in [-0.25, -0.2) is 9.18 Å². The Kier molecular flexibility index (Phi) is 4.15. The molecule has 1 aliphatic heterocycles. The van der Waals surface area contributed by atoms with E-state index in [9.17, 15) is 9.18 Å². The van der Waals surface area contributed by atoms with Gasteiger partial charge in [-0.05, 0) is 32.0 Å². The van der Waals surface area contributed by atoms with E-state index >= 15 is 0 Å². The molecule has 18 heavy (non-hydrogen) atoms. The average molecular weight is 251 g/mol. The van der Waals surface area contributed by atoms with Gasteiger partial charge in [0.05, 0.1) is 5.69 Å². The van der Waals surface area contributed by atoms with E-state index in [4.69, 9.17) is 0 Å². The summed E-state index contributed by atoms with van der Waals surface area (Å²) in [6.45, 7) is 1.50. The molecule has 2 N–H and O–H groups in total. The summed E-state index contributed by atoms with van der Waals surface area (Å²) in [5.41, 5.74) is 0.234. The number of rotatable bonds is 3. The second-order valence-corrected chi connectivity index (χ2v) is 4.46. The average Bonchev–Trinajstić information content (AvgIpc) is 2.81. The van der Waals surface area contributed by atoms with Crippen LogP contribution >= 0.6 is 0 Å². The molecule has 2 rings (SSSR count). The fraction of sp³-hybridized carbons (Fsp3) is 0.462. The molecule has 1 fully saturated rings. The Labute approximate surface area is 106 Å². The first-order valence-corrected chi connectivity index (χ1v) is 6.19. The van der Waals surface area contributed by atoms with Crippen molar-refractivity contribution in [3.63, 3.8) is 0 Å². The second kappa shape index (κ2) is 5.82. The van der Waals surface area contributed by atoms with Crippen LogP contribution in [0, 0.1) is 5.82 Å². The van der Waals surface area contributed by atoms with Crippen molar-refractivity contribution in [2.24, 2.45) is 0 Å². The molecule has 1 aromatic carbocycles. The third kappa shape index (κ3) is 2.79. The molecule has 1 aliphatic rings. The topological polar surface area (TPSA) is 44.4 Å². The fourth-order valence-corrected chi connectivity index (χ4v) is 2.30. The summed E-state index contributed by atoms with van der Waals surface area (Å²) in [5.74, 6) is -0.407. The highest BCUT2D eigenvalue weighted by Crippen LogP contribution is 2.19. The smallest absolute Gasteiger partial charge is 0.320 e. The van der Waals surface area contributed by atoms with Crippen LogP contribution in [-0.2, 0) is 0 Å². The number of urea groups is 1. The van der Waals surface area contributed by atoms with Crippen LogP contribution in [0.5, 0.6) is 0 Å². The molecule has 1 saturated heterocycles. The van der Waals surface area contributed by atoms with E-state index in [0.717, 1.165) is 25.9 Å². The third-order valence-corrected chi connectivity index (χ3v) is 3.19. The van der Waals surface area contributed by atoms with Gasteiger partial charge in [-0.15, -0.1) is 0 Å². The molecule has 0 bridgehead atoms. The van der Waals surface area contributed by atoms with E-state index < -0.39 is 5.82 Å². The second-order valence-electron chi connectivity index (χ2n) is 4.46. The molecule has 0 aliphatic carbocycles. The Hall–Kier alpha value is -1.62. The van der Waals surface area contributed by atoms with E-state index in [2.05, 4.69) is 10.6 Å². The minimum atomic E-state index is -0.407. The van der Waals surface area contributed by atoms with Crippen LogP contribution in [0.2, 0.25) is 0 Å². The number of benzene rings is 1. The van der Waals surface area contributed by atoms with Gasteiger partial charge in [0.15, 0.2) is 0 Å². The van der Waals surface area contributed by atoms with Gasteiger partial charge in [0.1, 0.15) is 5.82 Å². The molecule has 1 atom stereocenters. The van der Waals surface area contributed by atoms with Crippen LogP contribution < -0.4 is 10.6 Å². The van der Waals surface area contributed by atoms with Gasteiger partial charge in [-0.1, -0.05) is 12.1 Å². The summed E-state index contributed by atoms with van der Waals surface area (Å²) in [7, 11) is 1.87. The highest BCUT2D eigenvalue weighted by molar-refractivity contribution is 5.89. The van der Waals surface area contributed by atoms with Crippen molar-refractivity contribution in [3.8, 4) is 0 Å². The van der Waals surface area contributed by atoms with Gasteiger partial charge in [-0.3, -0.25) is 0 Å². The molecule has 1 unspecified atom stereocenters. The van der Waals surface area contributed by atoms with Crippen molar-refractivity contribution in [1.82, 2.24) is 10.2 Å². The lowest BCUT2D eigenvalue weighted by Crippen LogP contribution is -2.43. The molecule has 0 aromatic heterocycles. The highest BCUT2D eigenvalue weighted by Gasteiger charge is 2.28. The molecule has 5 heteroatoms. The third-order valence-electron chi connectivity index (χ3n) is 3.19. The van der Waals surface area contributed by atoms with E-state index in [1.807, 2.05) is 7.05 Å². The minimum absolute atomic E-state index is 0.196. The van der Waals surface area contributed by atoms with Gasteiger partial charge < -0.3 is 15.5 Å². The molecule has 0 spiro atoms. The predicted octanol–water partition coefficient (Wildman–Crippen LogP) is 2.04. The molecule has 2 amide bonds. The summed E-state index contributed by atoms with van der Waals surface area (Å²) in [4.78, 5) is 13.8. The monoisotopic (exact) mass is 251 g/mol. The largest absolute Gasteiger partial charge is 0.322 e. The highest BCUT2D eigenvalue weighted by atomic mass is 19.1. The van der Waals surface area contributed by atoms with Crippen molar-refractivity contribution in [2.75, 3.05) is 25.5 Å². The molecule has 4 nitrogen and oxygen atoms in total. The maximum absolute atomic E-state index is 13.4. The number of carbonyl (C=O) groups excluding carboxylic acids is 1. The first kappa shape index (κ1) is 12.8. The van der Waals surface area contributed by atoms with Crippen molar-refractivity contribution in [1.29, 1.82) is 0 Å². The minimum Gasteiger partial charge on any atom is -0.320 e. The van der Waals surface area contributed by atoms with Crippen molar-refractivity contribution in [2.45, 2.75) is 18.9 Å². The number of hydrogen-bond acceptors (Lipinski definition) is 2. The molecule has 0 radical (unpaired) electrons. The molecule has 1 aromatic rings. The fourth-order valence-electron chi connectivity index (χ4n) is 2.30. The van der Waals surface area contributed by atoms with Crippen molar-refractivity contribution >= 4 is 11.7 Å². The normalized spacial score (nSPS) is 19.0. The van der Waals surface area contributed by atoms with Crippen LogP contribution in [0.1, 0.15) is 12.8 Å². The molecular formula is C13H18FN3O. The lowest BCUT2D eigenvalue weighted by Gasteiger charge is -2.24.